The van der Waals surface area contributed by atoms with Gasteiger partial charge in [-0.25, -0.2) is 9.18 Å². The standard InChI is InChI=1S/C18H18FN7O3/c19-15-7-12(25-9-13(10-27)29-18(25)28)2-3-14(15)11-1-4-16(21-8-11)17-22-24-26(23-17)6-5-20/h1-4,7-8,13,27H,5-6,9-10,20H2/p+1/t13-/m1/s1. The number of ether oxygens (including phenoxy) is 1. The van der Waals surface area contributed by atoms with Crippen molar-refractivity contribution in [2.75, 3.05) is 24.6 Å². The van der Waals surface area contributed by atoms with E-state index < -0.39 is 18.0 Å². The monoisotopic (exact) mass is 400 g/mol. The Balaban J connectivity index is 1.54. The van der Waals surface area contributed by atoms with Crippen LogP contribution >= 0.6 is 0 Å². The number of hydrogen-bond donors (Lipinski definition) is 2. The number of benzene rings is 1. The first-order chi connectivity index (χ1) is 14.1. The first-order valence-corrected chi connectivity index (χ1v) is 9.01. The number of halogens is 1. The maximum Gasteiger partial charge on any atom is 0.414 e. The van der Waals surface area contributed by atoms with E-state index in [9.17, 15) is 9.18 Å². The van der Waals surface area contributed by atoms with Crippen LogP contribution < -0.4 is 10.6 Å². The number of tetrazole rings is 1. The first-order valence-electron chi connectivity index (χ1n) is 9.01. The smallest absolute Gasteiger partial charge is 0.414 e. The number of hydrogen-bond acceptors (Lipinski definition) is 7. The van der Waals surface area contributed by atoms with Gasteiger partial charge in [-0.3, -0.25) is 9.88 Å². The quantitative estimate of drug-likeness (QED) is 0.599. The Hall–Kier alpha value is -3.44. The van der Waals surface area contributed by atoms with Crippen LogP contribution in [0.3, 0.4) is 0 Å². The van der Waals surface area contributed by atoms with Crippen molar-refractivity contribution in [3.8, 4) is 22.6 Å². The predicted molar refractivity (Wildman–Crippen MR) is 98.9 cm³/mol. The highest BCUT2D eigenvalue weighted by atomic mass is 19.1. The van der Waals surface area contributed by atoms with Gasteiger partial charge >= 0.3 is 6.09 Å². The number of pyridine rings is 1. The molecule has 4 N–H and O–H groups in total. The molecular formula is C18H19FN7O3+. The molecule has 1 aromatic carbocycles. The number of quaternary nitrogens is 1. The third kappa shape index (κ3) is 3.77. The summed E-state index contributed by atoms with van der Waals surface area (Å²) in [7, 11) is 0. The van der Waals surface area contributed by atoms with Crippen LogP contribution in [0.4, 0.5) is 14.9 Å². The summed E-state index contributed by atoms with van der Waals surface area (Å²) in [5, 5.41) is 21.2. The van der Waals surface area contributed by atoms with Gasteiger partial charge in [0.1, 0.15) is 24.2 Å². The molecule has 3 aromatic rings. The summed E-state index contributed by atoms with van der Waals surface area (Å²) in [4.78, 5) is 18.9. The predicted octanol–water partition coefficient (Wildman–Crippen LogP) is 0.101. The molecule has 3 heterocycles. The van der Waals surface area contributed by atoms with E-state index in [2.05, 4.69) is 26.1 Å². The zero-order valence-corrected chi connectivity index (χ0v) is 15.4. The van der Waals surface area contributed by atoms with E-state index >= 15 is 0 Å². The summed E-state index contributed by atoms with van der Waals surface area (Å²) in [5.41, 5.74) is 5.54. The number of anilines is 1. The van der Waals surface area contributed by atoms with Gasteiger partial charge in [0.2, 0.25) is 5.82 Å². The largest absolute Gasteiger partial charge is 0.441 e. The van der Waals surface area contributed by atoms with Crippen LogP contribution in [0.25, 0.3) is 22.6 Å². The Bertz CT molecular complexity index is 1020. The number of cyclic esters (lactones) is 1. The average Bonchev–Trinajstić information content (AvgIpc) is 3.35. The van der Waals surface area contributed by atoms with E-state index in [1.54, 1.807) is 24.3 Å². The lowest BCUT2D eigenvalue weighted by Gasteiger charge is -2.14. The number of aliphatic hydroxyl groups is 1. The number of rotatable bonds is 6. The third-order valence-electron chi connectivity index (χ3n) is 4.46. The van der Waals surface area contributed by atoms with Crippen LogP contribution in [0.5, 0.6) is 0 Å². The van der Waals surface area contributed by atoms with Gasteiger partial charge in [-0.15, -0.1) is 10.2 Å². The second kappa shape index (κ2) is 7.89. The van der Waals surface area contributed by atoms with E-state index in [1.807, 2.05) is 0 Å². The summed E-state index contributed by atoms with van der Waals surface area (Å²) in [6.45, 7) is 1.10. The highest BCUT2D eigenvalue weighted by molar-refractivity contribution is 5.90. The molecule has 11 heteroatoms. The minimum atomic E-state index is -0.610. The van der Waals surface area contributed by atoms with Crippen molar-refractivity contribution >= 4 is 11.8 Å². The highest BCUT2D eigenvalue weighted by Gasteiger charge is 2.32. The Labute approximate surface area is 164 Å². The molecule has 1 aliphatic rings. The molecule has 0 saturated carbocycles. The van der Waals surface area contributed by atoms with Crippen molar-refractivity contribution in [1.29, 1.82) is 0 Å². The van der Waals surface area contributed by atoms with Gasteiger partial charge in [0.15, 0.2) is 0 Å². The molecule has 4 rings (SSSR count). The lowest BCUT2D eigenvalue weighted by molar-refractivity contribution is -0.370. The molecule has 0 spiro atoms. The van der Waals surface area contributed by atoms with Gasteiger partial charge in [0.25, 0.3) is 0 Å². The SMILES string of the molecule is [NH3+]CCn1nnc(-c2ccc(-c3ccc(N4C[C@H](CO)OC4=O)cc3F)cn2)n1. The van der Waals surface area contributed by atoms with Gasteiger partial charge < -0.3 is 15.6 Å². The van der Waals surface area contributed by atoms with Crippen LogP contribution in [0.2, 0.25) is 0 Å². The summed E-state index contributed by atoms with van der Waals surface area (Å²) in [5.74, 6) is -0.122. The number of aliphatic hydroxyl groups excluding tert-OH is 1. The van der Waals surface area contributed by atoms with Crippen molar-refractivity contribution in [3.63, 3.8) is 0 Å². The summed E-state index contributed by atoms with van der Waals surface area (Å²) in [6.07, 6.45) is 0.310. The van der Waals surface area contributed by atoms with Crippen molar-refractivity contribution in [2.45, 2.75) is 12.6 Å². The van der Waals surface area contributed by atoms with Gasteiger partial charge in [-0.1, -0.05) is 6.07 Å². The van der Waals surface area contributed by atoms with Gasteiger partial charge in [-0.05, 0) is 29.5 Å². The summed E-state index contributed by atoms with van der Waals surface area (Å²) < 4.78 is 19.7. The molecule has 1 fully saturated rings. The van der Waals surface area contributed by atoms with Crippen LogP contribution in [0, 0.1) is 5.82 Å². The van der Waals surface area contributed by atoms with E-state index in [1.165, 1.54) is 22.0 Å². The minimum Gasteiger partial charge on any atom is -0.441 e. The molecule has 0 radical (unpaired) electrons. The van der Waals surface area contributed by atoms with Crippen LogP contribution in [-0.2, 0) is 11.3 Å². The molecular weight excluding hydrogens is 381 g/mol. The molecule has 29 heavy (non-hydrogen) atoms. The van der Waals surface area contributed by atoms with Crippen molar-refractivity contribution in [2.24, 2.45) is 0 Å². The van der Waals surface area contributed by atoms with E-state index in [4.69, 9.17) is 9.84 Å². The maximum atomic E-state index is 14.7. The number of aromatic nitrogens is 5. The van der Waals surface area contributed by atoms with Gasteiger partial charge in [0.05, 0.1) is 25.4 Å². The molecule has 0 aliphatic carbocycles. The summed E-state index contributed by atoms with van der Waals surface area (Å²) >= 11 is 0. The Morgan fingerprint density at radius 2 is 2.17 bits per heavy atom. The van der Waals surface area contributed by atoms with Crippen molar-refractivity contribution in [3.05, 3.63) is 42.3 Å². The van der Waals surface area contributed by atoms with E-state index in [0.29, 0.717) is 41.4 Å². The lowest BCUT2D eigenvalue weighted by Crippen LogP contribution is -2.52. The highest BCUT2D eigenvalue weighted by Crippen LogP contribution is 2.29. The first kappa shape index (κ1) is 18.9. The Kier molecular flexibility index (Phi) is 5.14. The normalized spacial score (nSPS) is 16.3. The van der Waals surface area contributed by atoms with Crippen LogP contribution in [0.15, 0.2) is 36.5 Å². The van der Waals surface area contributed by atoms with E-state index in [-0.39, 0.29) is 13.2 Å². The zero-order valence-electron chi connectivity index (χ0n) is 15.4. The Morgan fingerprint density at radius 3 is 2.83 bits per heavy atom. The molecule has 1 atom stereocenters. The van der Waals surface area contributed by atoms with Crippen molar-refractivity contribution in [1.82, 2.24) is 25.2 Å². The minimum absolute atomic E-state index is 0.173. The molecule has 10 nitrogen and oxygen atoms in total. The molecule has 0 bridgehead atoms. The molecule has 1 aliphatic heterocycles. The topological polar surface area (TPSA) is 134 Å². The van der Waals surface area contributed by atoms with Gasteiger partial charge in [0, 0.05) is 17.3 Å². The van der Waals surface area contributed by atoms with Gasteiger partial charge in [-0.2, -0.15) is 4.80 Å². The third-order valence-corrected chi connectivity index (χ3v) is 4.46. The lowest BCUT2D eigenvalue weighted by atomic mass is 10.1. The fraction of sp³-hybridized carbons (Fsp3) is 0.278. The fourth-order valence-corrected chi connectivity index (χ4v) is 3.00. The average molecular weight is 400 g/mol. The molecule has 150 valence electrons. The van der Waals surface area contributed by atoms with Crippen LogP contribution in [-0.4, -0.2) is 62.2 Å². The number of amides is 1. The van der Waals surface area contributed by atoms with E-state index in [0.717, 1.165) is 0 Å². The number of carbonyl (C=O) groups is 1. The summed E-state index contributed by atoms with van der Waals surface area (Å²) in [6, 6.07) is 7.87. The second-order valence-electron chi connectivity index (χ2n) is 6.46. The van der Waals surface area contributed by atoms with Crippen LogP contribution in [0.1, 0.15) is 0 Å². The fourth-order valence-electron chi connectivity index (χ4n) is 3.00. The number of nitrogens with zero attached hydrogens (tertiary/aromatic N) is 6. The second-order valence-corrected chi connectivity index (χ2v) is 6.46. The maximum absolute atomic E-state index is 14.7. The molecule has 1 saturated heterocycles. The number of carbonyl (C=O) groups excluding carboxylic acids is 1. The molecule has 1 amide bonds. The molecule has 2 aromatic heterocycles. The zero-order chi connectivity index (χ0) is 20.4. The van der Waals surface area contributed by atoms with Crippen molar-refractivity contribution < 1.29 is 24.8 Å². The Morgan fingerprint density at radius 1 is 1.31 bits per heavy atom. The molecule has 0 unspecified atom stereocenters.